The van der Waals surface area contributed by atoms with E-state index in [0.29, 0.717) is 13.2 Å². The Kier molecular flexibility index (Phi) is 7.52. The molecule has 2 rings (SSSR count). The highest BCUT2D eigenvalue weighted by Crippen LogP contribution is 2.21. The van der Waals surface area contributed by atoms with E-state index in [1.165, 1.54) is 5.56 Å². The topological polar surface area (TPSA) is 47.6 Å². The molecular weight excluding hydrogens is 326 g/mol. The predicted octanol–water partition coefficient (Wildman–Crippen LogP) is 4.22. The minimum absolute atomic E-state index is 0.146. The molecule has 1 atom stereocenters. The van der Waals surface area contributed by atoms with Gasteiger partial charge in [-0.25, -0.2) is 0 Å². The molecule has 0 radical (unpaired) electrons. The van der Waals surface area contributed by atoms with Crippen LogP contribution in [0.2, 0.25) is 0 Å². The van der Waals surface area contributed by atoms with Crippen molar-refractivity contribution in [2.24, 2.45) is 0 Å². The summed E-state index contributed by atoms with van der Waals surface area (Å²) in [6, 6.07) is 13.9. The molecular formula is C22H29NO3. The summed E-state index contributed by atoms with van der Waals surface area (Å²) in [6.45, 7) is 8.81. The number of aryl methyl sites for hydroxylation is 2. The zero-order chi connectivity index (χ0) is 18.9. The van der Waals surface area contributed by atoms with Crippen molar-refractivity contribution >= 4 is 5.91 Å². The molecule has 1 N–H and O–H groups in total. The maximum Gasteiger partial charge on any atom is 0.260 e. The van der Waals surface area contributed by atoms with Crippen LogP contribution in [0.3, 0.4) is 0 Å². The summed E-state index contributed by atoms with van der Waals surface area (Å²) < 4.78 is 11.5. The van der Waals surface area contributed by atoms with Gasteiger partial charge in [0.1, 0.15) is 18.1 Å². The van der Waals surface area contributed by atoms with Gasteiger partial charge in [-0.2, -0.15) is 0 Å². The Bertz CT molecular complexity index is 710. The smallest absolute Gasteiger partial charge is 0.260 e. The average molecular weight is 355 g/mol. The summed E-state index contributed by atoms with van der Waals surface area (Å²) in [5, 5.41) is 2.85. The molecule has 2 aromatic rings. The van der Waals surface area contributed by atoms with Crippen LogP contribution in [0, 0.1) is 13.8 Å². The zero-order valence-electron chi connectivity index (χ0n) is 16.2. The lowest BCUT2D eigenvalue weighted by atomic mass is 10.1. The van der Waals surface area contributed by atoms with E-state index in [2.05, 4.69) is 24.4 Å². The van der Waals surface area contributed by atoms with Gasteiger partial charge in [0.2, 0.25) is 0 Å². The Hall–Kier alpha value is -2.49. The first kappa shape index (κ1) is 19.8. The molecule has 140 valence electrons. The van der Waals surface area contributed by atoms with Gasteiger partial charge in [0.15, 0.2) is 6.10 Å². The van der Waals surface area contributed by atoms with Crippen LogP contribution in [0.4, 0.5) is 0 Å². The van der Waals surface area contributed by atoms with Crippen molar-refractivity contribution in [2.75, 3.05) is 13.2 Å². The summed E-state index contributed by atoms with van der Waals surface area (Å²) in [6.07, 6.45) is 1.66. The van der Waals surface area contributed by atoms with E-state index in [4.69, 9.17) is 9.47 Å². The number of rotatable bonds is 9. The van der Waals surface area contributed by atoms with E-state index in [1.807, 2.05) is 44.2 Å². The molecule has 0 aliphatic rings. The normalized spacial score (nSPS) is 11.7. The van der Waals surface area contributed by atoms with E-state index in [9.17, 15) is 4.79 Å². The van der Waals surface area contributed by atoms with Crippen molar-refractivity contribution in [3.63, 3.8) is 0 Å². The molecule has 0 saturated heterocycles. The maximum atomic E-state index is 12.2. The van der Waals surface area contributed by atoms with E-state index >= 15 is 0 Å². The first-order chi connectivity index (χ1) is 12.5. The van der Waals surface area contributed by atoms with Crippen molar-refractivity contribution in [1.29, 1.82) is 0 Å². The number of ether oxygens (including phenoxy) is 2. The van der Waals surface area contributed by atoms with Crippen LogP contribution in [0.15, 0.2) is 42.5 Å². The molecule has 0 spiro atoms. The van der Waals surface area contributed by atoms with Crippen LogP contribution < -0.4 is 14.8 Å². The van der Waals surface area contributed by atoms with Crippen molar-refractivity contribution in [3.05, 3.63) is 59.2 Å². The maximum absolute atomic E-state index is 12.2. The number of hydrogen-bond donors (Lipinski definition) is 1. The standard InChI is InChI=1S/C22H29NO3/c1-5-7-19-10-12-20(13-11-19)25-15-14-23-22(24)18(4)26-21-9-6-8-16(2)17(21)3/h6,8-13,18H,5,7,14-15H2,1-4H3,(H,23,24)/t18-/m0/s1. The molecule has 26 heavy (non-hydrogen) atoms. The minimum Gasteiger partial charge on any atom is -0.492 e. The fourth-order valence-electron chi connectivity index (χ4n) is 2.62. The molecule has 1 amide bonds. The number of nitrogens with one attached hydrogen (secondary N) is 1. The van der Waals surface area contributed by atoms with Gasteiger partial charge < -0.3 is 14.8 Å². The molecule has 0 fully saturated rings. The van der Waals surface area contributed by atoms with E-state index in [-0.39, 0.29) is 5.91 Å². The molecule has 0 heterocycles. The van der Waals surface area contributed by atoms with Gasteiger partial charge in [-0.3, -0.25) is 4.79 Å². The first-order valence-electron chi connectivity index (χ1n) is 9.23. The first-order valence-corrected chi connectivity index (χ1v) is 9.23. The highest BCUT2D eigenvalue weighted by Gasteiger charge is 2.15. The summed E-state index contributed by atoms with van der Waals surface area (Å²) in [4.78, 5) is 12.2. The molecule has 4 heteroatoms. The minimum atomic E-state index is -0.552. The fourth-order valence-corrected chi connectivity index (χ4v) is 2.62. The Morgan fingerprint density at radius 1 is 1.12 bits per heavy atom. The molecule has 2 aromatic carbocycles. The third kappa shape index (κ3) is 5.80. The Balaban J connectivity index is 1.73. The summed E-state index contributed by atoms with van der Waals surface area (Å²) in [5.74, 6) is 1.42. The summed E-state index contributed by atoms with van der Waals surface area (Å²) in [5.41, 5.74) is 3.51. The summed E-state index contributed by atoms with van der Waals surface area (Å²) in [7, 11) is 0. The second kappa shape index (κ2) is 9.85. The third-order valence-corrected chi connectivity index (χ3v) is 4.36. The molecule has 0 aromatic heterocycles. The van der Waals surface area contributed by atoms with Gasteiger partial charge in [0.25, 0.3) is 5.91 Å². The highest BCUT2D eigenvalue weighted by molar-refractivity contribution is 5.80. The van der Waals surface area contributed by atoms with Crippen molar-refractivity contribution in [1.82, 2.24) is 5.32 Å². The van der Waals surface area contributed by atoms with Crippen LogP contribution >= 0.6 is 0 Å². The lowest BCUT2D eigenvalue weighted by Gasteiger charge is -2.17. The van der Waals surface area contributed by atoms with Crippen LogP contribution in [0.5, 0.6) is 11.5 Å². The summed E-state index contributed by atoms with van der Waals surface area (Å²) >= 11 is 0. The van der Waals surface area contributed by atoms with Crippen molar-refractivity contribution in [3.8, 4) is 11.5 Å². The average Bonchev–Trinajstić information content (AvgIpc) is 2.64. The molecule has 0 unspecified atom stereocenters. The van der Waals surface area contributed by atoms with Crippen LogP contribution in [0.1, 0.15) is 37.0 Å². The quantitative estimate of drug-likeness (QED) is 0.685. The number of carbonyl (C=O) groups excluding carboxylic acids is 1. The third-order valence-electron chi connectivity index (χ3n) is 4.36. The van der Waals surface area contributed by atoms with Gasteiger partial charge >= 0.3 is 0 Å². The molecule has 0 saturated carbocycles. The Labute approximate surface area is 156 Å². The Morgan fingerprint density at radius 2 is 1.85 bits per heavy atom. The van der Waals surface area contributed by atoms with Crippen molar-refractivity contribution in [2.45, 2.75) is 46.6 Å². The lowest BCUT2D eigenvalue weighted by Crippen LogP contribution is -2.38. The van der Waals surface area contributed by atoms with Crippen LogP contribution in [-0.4, -0.2) is 25.2 Å². The number of hydrogen-bond acceptors (Lipinski definition) is 3. The van der Waals surface area contributed by atoms with Crippen LogP contribution in [-0.2, 0) is 11.2 Å². The van der Waals surface area contributed by atoms with Crippen LogP contribution in [0.25, 0.3) is 0 Å². The monoisotopic (exact) mass is 355 g/mol. The molecule has 0 aliphatic carbocycles. The van der Waals surface area contributed by atoms with Gasteiger partial charge in [0, 0.05) is 0 Å². The zero-order valence-corrected chi connectivity index (χ0v) is 16.2. The highest BCUT2D eigenvalue weighted by atomic mass is 16.5. The van der Waals surface area contributed by atoms with Gasteiger partial charge in [-0.1, -0.05) is 37.6 Å². The van der Waals surface area contributed by atoms with E-state index in [1.54, 1.807) is 6.92 Å². The number of benzene rings is 2. The second-order valence-corrected chi connectivity index (χ2v) is 6.49. The van der Waals surface area contributed by atoms with Gasteiger partial charge in [-0.15, -0.1) is 0 Å². The predicted molar refractivity (Wildman–Crippen MR) is 105 cm³/mol. The van der Waals surface area contributed by atoms with E-state index in [0.717, 1.165) is 35.5 Å². The Morgan fingerprint density at radius 3 is 2.54 bits per heavy atom. The molecule has 0 bridgehead atoms. The SMILES string of the molecule is CCCc1ccc(OCCNC(=O)[C@H](C)Oc2cccc(C)c2C)cc1. The number of amides is 1. The molecule has 0 aliphatic heterocycles. The molecule has 4 nitrogen and oxygen atoms in total. The number of carbonyl (C=O) groups is 1. The largest absolute Gasteiger partial charge is 0.492 e. The second-order valence-electron chi connectivity index (χ2n) is 6.49. The van der Waals surface area contributed by atoms with Gasteiger partial charge in [0.05, 0.1) is 6.54 Å². The van der Waals surface area contributed by atoms with E-state index < -0.39 is 6.10 Å². The lowest BCUT2D eigenvalue weighted by molar-refractivity contribution is -0.127. The van der Waals surface area contributed by atoms with Crippen molar-refractivity contribution < 1.29 is 14.3 Å². The fraction of sp³-hybridized carbons (Fsp3) is 0.409. The van der Waals surface area contributed by atoms with Gasteiger partial charge in [-0.05, 0) is 62.1 Å².